The predicted octanol–water partition coefficient (Wildman–Crippen LogP) is 5.29. The number of H-pyrrole nitrogens is 1. The molecule has 0 unspecified atom stereocenters. The molecule has 1 aliphatic heterocycles. The number of rotatable bonds is 6. The lowest BCUT2D eigenvalue weighted by Crippen LogP contribution is -2.55. The number of allylic oxidation sites excluding steroid dienone is 1. The molecule has 37 heavy (non-hydrogen) atoms. The molecular weight excluding hydrogens is 538 g/mol. The highest BCUT2D eigenvalue weighted by Crippen LogP contribution is 2.35. The number of aromatic amines is 1. The van der Waals surface area contributed by atoms with Crippen LogP contribution in [0, 0.1) is 5.92 Å². The van der Waals surface area contributed by atoms with Crippen LogP contribution in [0.25, 0.3) is 6.08 Å². The topological polar surface area (TPSA) is 101 Å². The molecule has 3 atom stereocenters. The zero-order valence-corrected chi connectivity index (χ0v) is 24.0. The minimum absolute atomic E-state index is 0.0527. The lowest BCUT2D eigenvalue weighted by molar-refractivity contribution is -0.149. The molecule has 1 aromatic rings. The summed E-state index contributed by atoms with van der Waals surface area (Å²) < 4.78 is 12.2. The van der Waals surface area contributed by atoms with Gasteiger partial charge in [-0.05, 0) is 85.9 Å². The number of likely N-dealkylation sites (tertiary alicyclic amines) is 1. The van der Waals surface area contributed by atoms with Crippen molar-refractivity contribution in [3.8, 4) is 0 Å². The van der Waals surface area contributed by atoms with Crippen molar-refractivity contribution in [1.29, 1.82) is 0 Å². The van der Waals surface area contributed by atoms with Crippen LogP contribution in [0.2, 0.25) is 0 Å². The molecule has 2 amide bonds. The Balaban J connectivity index is 1.61. The second-order valence-electron chi connectivity index (χ2n) is 11.5. The van der Waals surface area contributed by atoms with Gasteiger partial charge in [0, 0.05) is 25.6 Å². The second-order valence-corrected chi connectivity index (χ2v) is 12.3. The van der Waals surface area contributed by atoms with Gasteiger partial charge >= 0.3 is 12.1 Å². The Kier molecular flexibility index (Phi) is 8.71. The first-order valence-corrected chi connectivity index (χ1v) is 14.4. The summed E-state index contributed by atoms with van der Waals surface area (Å²) >= 11 is 3.69. The number of hydrogen-bond acceptors (Lipinski definition) is 5. The quantitative estimate of drug-likeness (QED) is 0.447. The highest BCUT2D eigenvalue weighted by atomic mass is 79.9. The number of esters is 1. The van der Waals surface area contributed by atoms with E-state index in [1.165, 1.54) is 12.6 Å². The van der Waals surface area contributed by atoms with E-state index >= 15 is 0 Å². The molecule has 2 N–H and O–H groups in total. The smallest absolute Gasteiger partial charge is 0.408 e. The standard InChI is InChI=1S/C28H40BrN3O5/c1-17(33)36-23-14-15-32(22(23)16-20-19-12-8-9-13-21(19)30-25(20)29)26(34)24(18-10-6-5-7-11-18)31-27(35)37-28(2,3)4/h8,12,18,22-24,30H,5-7,9-11,13-16H2,1-4H3,(H,31,35)/t22-,23-,24+/m1/s1. The van der Waals surface area contributed by atoms with Gasteiger partial charge in [0.1, 0.15) is 17.7 Å². The number of aryl methyl sites for hydroxylation is 1. The zero-order valence-electron chi connectivity index (χ0n) is 22.4. The highest BCUT2D eigenvalue weighted by Gasteiger charge is 2.44. The SMILES string of the molecule is CC(=O)O[C@@H]1CCN(C(=O)[C@@H](NC(=O)OC(C)(C)C)C2CCCCC2)[C@@H]1Cc1c(Br)[nH]c2c1C=CCC2. The van der Waals surface area contributed by atoms with Gasteiger partial charge in [-0.25, -0.2) is 4.79 Å². The van der Waals surface area contributed by atoms with Crippen LogP contribution in [0.5, 0.6) is 0 Å². The Hall–Kier alpha value is -2.29. The van der Waals surface area contributed by atoms with Crippen molar-refractivity contribution in [1.82, 2.24) is 15.2 Å². The van der Waals surface area contributed by atoms with Crippen LogP contribution in [0.3, 0.4) is 0 Å². The third-order valence-corrected chi connectivity index (χ3v) is 8.26. The summed E-state index contributed by atoms with van der Waals surface area (Å²) in [5, 5.41) is 2.93. The number of carbonyl (C=O) groups excluding carboxylic acids is 3. The lowest BCUT2D eigenvalue weighted by atomic mass is 9.83. The van der Waals surface area contributed by atoms with E-state index in [1.807, 2.05) is 25.7 Å². The van der Waals surface area contributed by atoms with Crippen LogP contribution in [-0.2, 0) is 31.9 Å². The third kappa shape index (κ3) is 6.78. The van der Waals surface area contributed by atoms with E-state index in [1.54, 1.807) is 0 Å². The number of ether oxygens (including phenoxy) is 2. The number of nitrogens with one attached hydrogen (secondary N) is 2. The van der Waals surface area contributed by atoms with Crippen LogP contribution < -0.4 is 5.32 Å². The number of hydrogen-bond donors (Lipinski definition) is 2. The van der Waals surface area contributed by atoms with Crippen molar-refractivity contribution in [3.05, 3.63) is 27.5 Å². The predicted molar refractivity (Wildman–Crippen MR) is 145 cm³/mol. The number of nitrogens with zero attached hydrogens (tertiary/aromatic N) is 1. The molecule has 0 radical (unpaired) electrons. The number of alkyl carbamates (subject to hydrolysis) is 1. The molecule has 2 aliphatic carbocycles. The molecule has 204 valence electrons. The number of carbonyl (C=O) groups is 3. The van der Waals surface area contributed by atoms with Gasteiger partial charge in [-0.1, -0.05) is 31.4 Å². The van der Waals surface area contributed by atoms with E-state index in [-0.39, 0.29) is 23.8 Å². The maximum atomic E-state index is 14.2. The molecule has 9 heteroatoms. The maximum Gasteiger partial charge on any atom is 0.408 e. The van der Waals surface area contributed by atoms with Crippen molar-refractivity contribution >= 4 is 40.0 Å². The van der Waals surface area contributed by atoms with E-state index in [9.17, 15) is 14.4 Å². The molecule has 1 saturated carbocycles. The van der Waals surface area contributed by atoms with Gasteiger partial charge in [0.05, 0.1) is 10.6 Å². The molecule has 2 fully saturated rings. The molecule has 1 aromatic heterocycles. The summed E-state index contributed by atoms with van der Waals surface area (Å²) in [6, 6.07) is -0.994. The van der Waals surface area contributed by atoms with E-state index in [4.69, 9.17) is 9.47 Å². The van der Waals surface area contributed by atoms with E-state index in [2.05, 4.69) is 38.4 Å². The van der Waals surface area contributed by atoms with Crippen molar-refractivity contribution in [2.75, 3.05) is 6.54 Å². The largest absolute Gasteiger partial charge is 0.460 e. The molecular formula is C28H40BrN3O5. The van der Waals surface area contributed by atoms with Crippen molar-refractivity contribution in [3.63, 3.8) is 0 Å². The first-order chi connectivity index (χ1) is 17.5. The fourth-order valence-electron chi connectivity index (χ4n) is 5.96. The van der Waals surface area contributed by atoms with Gasteiger partial charge in [0.25, 0.3) is 0 Å². The third-order valence-electron chi connectivity index (χ3n) is 7.58. The van der Waals surface area contributed by atoms with E-state index in [0.717, 1.165) is 60.7 Å². The zero-order chi connectivity index (χ0) is 26.7. The number of aromatic nitrogens is 1. The molecule has 0 spiro atoms. The Labute approximate surface area is 228 Å². The molecule has 0 bridgehead atoms. The van der Waals surface area contributed by atoms with Gasteiger partial charge < -0.3 is 24.7 Å². The summed E-state index contributed by atoms with van der Waals surface area (Å²) in [4.78, 5) is 44.2. The number of amides is 2. The summed E-state index contributed by atoms with van der Waals surface area (Å²) in [7, 11) is 0. The van der Waals surface area contributed by atoms with Crippen LogP contribution in [0.15, 0.2) is 10.7 Å². The maximum absolute atomic E-state index is 14.2. The van der Waals surface area contributed by atoms with Gasteiger partial charge in [-0.15, -0.1) is 0 Å². The molecule has 0 aromatic carbocycles. The number of fused-ring (bicyclic) bond motifs is 1. The minimum atomic E-state index is -0.669. The molecule has 3 aliphatic rings. The summed E-state index contributed by atoms with van der Waals surface area (Å²) in [6.45, 7) is 7.32. The first kappa shape index (κ1) is 27.7. The Bertz CT molecular complexity index is 1040. The molecule has 8 nitrogen and oxygen atoms in total. The molecule has 1 saturated heterocycles. The highest BCUT2D eigenvalue weighted by molar-refractivity contribution is 9.10. The molecule has 2 heterocycles. The van der Waals surface area contributed by atoms with E-state index in [0.29, 0.717) is 19.4 Å². The summed E-state index contributed by atoms with van der Waals surface area (Å²) in [5.41, 5.74) is 2.75. The van der Waals surface area contributed by atoms with E-state index < -0.39 is 23.8 Å². The van der Waals surface area contributed by atoms with Crippen molar-refractivity contribution in [2.24, 2.45) is 5.92 Å². The van der Waals surface area contributed by atoms with Crippen molar-refractivity contribution < 1.29 is 23.9 Å². The normalized spacial score (nSPS) is 22.9. The Morgan fingerprint density at radius 2 is 1.92 bits per heavy atom. The fraction of sp³-hybridized carbons (Fsp3) is 0.679. The second kappa shape index (κ2) is 11.6. The number of halogens is 1. The van der Waals surface area contributed by atoms with Gasteiger partial charge in [-0.2, -0.15) is 0 Å². The minimum Gasteiger partial charge on any atom is -0.460 e. The van der Waals surface area contributed by atoms with Crippen LogP contribution in [-0.4, -0.2) is 58.2 Å². The first-order valence-electron chi connectivity index (χ1n) is 13.6. The average molecular weight is 579 g/mol. The van der Waals surface area contributed by atoms with Gasteiger partial charge in [0.15, 0.2) is 0 Å². The Morgan fingerprint density at radius 3 is 2.59 bits per heavy atom. The fourth-order valence-corrected chi connectivity index (χ4v) is 6.58. The monoisotopic (exact) mass is 577 g/mol. The Morgan fingerprint density at radius 1 is 1.19 bits per heavy atom. The van der Waals surface area contributed by atoms with Crippen LogP contribution >= 0.6 is 15.9 Å². The lowest BCUT2D eigenvalue weighted by Gasteiger charge is -2.36. The molecule has 4 rings (SSSR count). The van der Waals surface area contributed by atoms with Gasteiger partial charge in [-0.3, -0.25) is 9.59 Å². The van der Waals surface area contributed by atoms with Gasteiger partial charge in [0.2, 0.25) is 5.91 Å². The summed E-state index contributed by atoms with van der Waals surface area (Å²) in [6.07, 6.45) is 11.4. The van der Waals surface area contributed by atoms with Crippen LogP contribution in [0.4, 0.5) is 4.79 Å². The van der Waals surface area contributed by atoms with Crippen LogP contribution in [0.1, 0.15) is 89.5 Å². The summed E-state index contributed by atoms with van der Waals surface area (Å²) in [5.74, 6) is -0.416. The average Bonchev–Trinajstić information content (AvgIpc) is 3.36. The van der Waals surface area contributed by atoms with Crippen molar-refractivity contribution in [2.45, 2.75) is 109 Å².